The number of likely N-dealkylation sites (tertiary alicyclic amines) is 1. The number of anilines is 1. The number of piperidine rings is 1. The maximum atomic E-state index is 13.2. The molecular weight excluding hydrogens is 378 g/mol. The minimum atomic E-state index is -1.03. The molecule has 1 fully saturated rings. The van der Waals surface area contributed by atoms with Gasteiger partial charge in [-0.3, -0.25) is 9.59 Å². The molecule has 2 aromatic rings. The zero-order valence-corrected chi connectivity index (χ0v) is 16.5. The van der Waals surface area contributed by atoms with Crippen LogP contribution in [-0.4, -0.2) is 35.4 Å². The van der Waals surface area contributed by atoms with Crippen molar-refractivity contribution in [2.45, 2.75) is 45.2 Å². The van der Waals surface area contributed by atoms with E-state index >= 15 is 0 Å². The number of hydrogen-bond acceptors (Lipinski definition) is 3. The Morgan fingerprint density at radius 3 is 2.31 bits per heavy atom. The fraction of sp³-hybridized carbons (Fsp3) is 0.364. The van der Waals surface area contributed by atoms with Gasteiger partial charge >= 0.3 is 0 Å². The van der Waals surface area contributed by atoms with Gasteiger partial charge in [0.05, 0.1) is 0 Å². The van der Waals surface area contributed by atoms with Crippen LogP contribution < -0.4 is 10.1 Å². The largest absolute Gasteiger partial charge is 0.484 e. The van der Waals surface area contributed by atoms with E-state index in [2.05, 4.69) is 5.32 Å². The molecule has 0 bridgehead atoms. The Hall–Kier alpha value is -2.96. The summed E-state index contributed by atoms with van der Waals surface area (Å²) in [5.41, 5.74) is 0.483. The Bertz CT molecular complexity index is 876. The normalized spacial score (nSPS) is 19.0. The van der Waals surface area contributed by atoms with E-state index in [0.29, 0.717) is 11.3 Å². The van der Waals surface area contributed by atoms with E-state index < -0.39 is 17.5 Å². The molecule has 1 aliphatic heterocycles. The van der Waals surface area contributed by atoms with Crippen molar-refractivity contribution in [1.82, 2.24) is 4.90 Å². The van der Waals surface area contributed by atoms with Crippen LogP contribution in [0.15, 0.2) is 42.5 Å². The van der Waals surface area contributed by atoms with Gasteiger partial charge < -0.3 is 15.0 Å². The number of hydrogen-bond donors (Lipinski definition) is 1. The van der Waals surface area contributed by atoms with Gasteiger partial charge in [-0.2, -0.15) is 0 Å². The number of carbonyl (C=O) groups is 2. The van der Waals surface area contributed by atoms with Crippen LogP contribution in [0.1, 0.15) is 43.5 Å². The van der Waals surface area contributed by atoms with Crippen molar-refractivity contribution in [1.29, 1.82) is 0 Å². The predicted octanol–water partition coefficient (Wildman–Crippen LogP) is 4.39. The molecule has 1 aliphatic rings. The van der Waals surface area contributed by atoms with E-state index in [1.54, 1.807) is 24.3 Å². The lowest BCUT2D eigenvalue weighted by molar-refractivity contribution is -0.139. The lowest BCUT2D eigenvalue weighted by Gasteiger charge is -2.38. The van der Waals surface area contributed by atoms with Gasteiger partial charge in [0.25, 0.3) is 11.8 Å². The topological polar surface area (TPSA) is 58.6 Å². The van der Waals surface area contributed by atoms with Crippen LogP contribution in [0.5, 0.6) is 5.75 Å². The summed E-state index contributed by atoms with van der Waals surface area (Å²) in [6.07, 6.45) is 3.12. The first-order valence-electron chi connectivity index (χ1n) is 9.65. The third-order valence-electron chi connectivity index (χ3n) is 5.14. The quantitative estimate of drug-likeness (QED) is 0.807. The number of benzene rings is 2. The van der Waals surface area contributed by atoms with Crippen molar-refractivity contribution in [3.63, 3.8) is 0 Å². The second-order valence-electron chi connectivity index (χ2n) is 7.33. The highest BCUT2D eigenvalue weighted by atomic mass is 19.2. The van der Waals surface area contributed by atoms with E-state index in [0.717, 1.165) is 31.4 Å². The molecule has 0 radical (unpaired) electrons. The van der Waals surface area contributed by atoms with Gasteiger partial charge in [0.1, 0.15) is 5.75 Å². The molecule has 5 nitrogen and oxygen atoms in total. The third kappa shape index (κ3) is 5.10. The number of halogens is 2. The van der Waals surface area contributed by atoms with Crippen LogP contribution >= 0.6 is 0 Å². The third-order valence-corrected chi connectivity index (χ3v) is 5.14. The van der Waals surface area contributed by atoms with Crippen molar-refractivity contribution in [2.75, 3.05) is 11.9 Å². The maximum Gasteiger partial charge on any atom is 0.260 e. The Morgan fingerprint density at radius 1 is 1.03 bits per heavy atom. The van der Waals surface area contributed by atoms with Crippen molar-refractivity contribution >= 4 is 17.5 Å². The van der Waals surface area contributed by atoms with Crippen LogP contribution in [0.4, 0.5) is 14.5 Å². The first-order valence-corrected chi connectivity index (χ1v) is 9.65. The van der Waals surface area contributed by atoms with Crippen molar-refractivity contribution < 1.29 is 23.1 Å². The Labute approximate surface area is 168 Å². The lowest BCUT2D eigenvalue weighted by Crippen LogP contribution is -2.49. The van der Waals surface area contributed by atoms with Crippen molar-refractivity contribution in [3.05, 3.63) is 59.7 Å². The number of nitrogens with one attached hydrogen (secondary N) is 1. The number of nitrogens with zero attached hydrogens (tertiary/aromatic N) is 1. The van der Waals surface area contributed by atoms with Crippen molar-refractivity contribution in [3.8, 4) is 5.75 Å². The molecule has 3 rings (SSSR count). The van der Waals surface area contributed by atoms with Crippen LogP contribution in [0, 0.1) is 11.6 Å². The second kappa shape index (κ2) is 9.03. The molecule has 2 amide bonds. The summed E-state index contributed by atoms with van der Waals surface area (Å²) in [4.78, 5) is 26.6. The molecule has 2 aromatic carbocycles. The average molecular weight is 402 g/mol. The van der Waals surface area contributed by atoms with Gasteiger partial charge in [-0.05, 0) is 69.5 Å². The van der Waals surface area contributed by atoms with Gasteiger partial charge in [0, 0.05) is 29.4 Å². The van der Waals surface area contributed by atoms with Crippen molar-refractivity contribution in [2.24, 2.45) is 0 Å². The number of amides is 2. The SMILES string of the molecule is CC1CCCC(C)N1C(=O)COc1ccc(C(=O)Nc2ccc(F)c(F)c2)cc1. The molecule has 0 saturated carbocycles. The van der Waals surface area contributed by atoms with Crippen LogP contribution in [0.3, 0.4) is 0 Å². The monoisotopic (exact) mass is 402 g/mol. The number of rotatable bonds is 5. The minimum Gasteiger partial charge on any atom is -0.484 e. The summed E-state index contributed by atoms with van der Waals surface area (Å²) < 4.78 is 31.8. The summed E-state index contributed by atoms with van der Waals surface area (Å²) in [5, 5.41) is 2.50. The summed E-state index contributed by atoms with van der Waals surface area (Å²) in [6.45, 7) is 4.04. The molecule has 1 saturated heterocycles. The van der Waals surface area contributed by atoms with Gasteiger partial charge in [0.2, 0.25) is 0 Å². The van der Waals surface area contributed by atoms with Crippen LogP contribution in [-0.2, 0) is 4.79 Å². The Balaban J connectivity index is 1.56. The van der Waals surface area contributed by atoms with E-state index in [1.807, 2.05) is 18.7 Å². The van der Waals surface area contributed by atoms with Gasteiger partial charge in [-0.25, -0.2) is 8.78 Å². The molecule has 29 heavy (non-hydrogen) atoms. The molecule has 0 spiro atoms. The van der Waals surface area contributed by atoms with Crippen LogP contribution in [0.2, 0.25) is 0 Å². The average Bonchev–Trinajstić information content (AvgIpc) is 2.69. The fourth-order valence-electron chi connectivity index (χ4n) is 3.61. The summed E-state index contributed by atoms with van der Waals surface area (Å²) in [5.74, 6) is -2.06. The molecule has 154 valence electrons. The standard InChI is InChI=1S/C22H24F2N2O3/c1-14-4-3-5-15(2)26(14)21(27)13-29-18-9-6-16(7-10-18)22(28)25-17-8-11-19(23)20(24)12-17/h6-12,14-15H,3-5,13H2,1-2H3,(H,25,28). The molecule has 1 N–H and O–H groups in total. The molecule has 0 aromatic heterocycles. The number of carbonyl (C=O) groups excluding carboxylic acids is 2. The van der Waals surface area contributed by atoms with E-state index in [4.69, 9.17) is 4.74 Å². The highest BCUT2D eigenvalue weighted by Gasteiger charge is 2.28. The molecule has 2 unspecified atom stereocenters. The zero-order chi connectivity index (χ0) is 21.0. The van der Waals surface area contributed by atoms with E-state index in [1.165, 1.54) is 6.07 Å². The highest BCUT2D eigenvalue weighted by Crippen LogP contribution is 2.23. The highest BCUT2D eigenvalue weighted by molar-refractivity contribution is 6.04. The van der Waals surface area contributed by atoms with Gasteiger partial charge in [0.15, 0.2) is 18.2 Å². The van der Waals surface area contributed by atoms with Gasteiger partial charge in [-0.15, -0.1) is 0 Å². The fourth-order valence-corrected chi connectivity index (χ4v) is 3.61. The smallest absolute Gasteiger partial charge is 0.260 e. The summed E-state index contributed by atoms with van der Waals surface area (Å²) in [7, 11) is 0. The second-order valence-corrected chi connectivity index (χ2v) is 7.33. The lowest BCUT2D eigenvalue weighted by atomic mass is 9.97. The Morgan fingerprint density at radius 2 is 1.69 bits per heavy atom. The minimum absolute atomic E-state index is 0.0511. The summed E-state index contributed by atoms with van der Waals surface area (Å²) in [6, 6.07) is 9.83. The molecular formula is C22H24F2N2O3. The maximum absolute atomic E-state index is 13.2. The molecule has 2 atom stereocenters. The molecule has 1 heterocycles. The first kappa shape index (κ1) is 20.8. The summed E-state index contributed by atoms with van der Waals surface area (Å²) >= 11 is 0. The zero-order valence-electron chi connectivity index (χ0n) is 16.5. The van der Waals surface area contributed by atoms with E-state index in [9.17, 15) is 18.4 Å². The molecule has 7 heteroatoms. The Kier molecular flexibility index (Phi) is 6.46. The number of ether oxygens (including phenoxy) is 1. The van der Waals surface area contributed by atoms with Crippen LogP contribution in [0.25, 0.3) is 0 Å². The molecule has 0 aliphatic carbocycles. The van der Waals surface area contributed by atoms with Gasteiger partial charge in [-0.1, -0.05) is 0 Å². The predicted molar refractivity (Wildman–Crippen MR) is 106 cm³/mol. The van der Waals surface area contributed by atoms with E-state index in [-0.39, 0.29) is 30.3 Å². The first-order chi connectivity index (χ1) is 13.8.